The first-order valence-corrected chi connectivity index (χ1v) is 5.72. The molecular formula is C13H17NO2. The van der Waals surface area contributed by atoms with Gasteiger partial charge in [-0.1, -0.05) is 23.8 Å². The first kappa shape index (κ1) is 11.1. The van der Waals surface area contributed by atoms with Crippen molar-refractivity contribution in [1.82, 2.24) is 5.32 Å². The van der Waals surface area contributed by atoms with Crippen molar-refractivity contribution < 1.29 is 9.53 Å². The Bertz CT molecular complexity index is 401. The van der Waals surface area contributed by atoms with Gasteiger partial charge >= 0.3 is 5.97 Å². The van der Waals surface area contributed by atoms with E-state index in [2.05, 4.69) is 18.3 Å². The minimum atomic E-state index is -0.288. The first-order valence-electron chi connectivity index (χ1n) is 5.72. The van der Waals surface area contributed by atoms with Crippen molar-refractivity contribution in [3.8, 4) is 0 Å². The van der Waals surface area contributed by atoms with Crippen molar-refractivity contribution in [3.05, 3.63) is 34.9 Å². The Balaban J connectivity index is 2.29. The first-order chi connectivity index (χ1) is 7.72. The van der Waals surface area contributed by atoms with Gasteiger partial charge in [-0.05, 0) is 31.4 Å². The molecular weight excluding hydrogens is 202 g/mol. The van der Waals surface area contributed by atoms with Gasteiger partial charge in [-0.3, -0.25) is 0 Å². The van der Waals surface area contributed by atoms with Crippen LogP contribution in [-0.2, 0) is 16.0 Å². The van der Waals surface area contributed by atoms with Crippen molar-refractivity contribution in [3.63, 3.8) is 0 Å². The molecule has 1 atom stereocenters. The topological polar surface area (TPSA) is 38.3 Å². The normalized spacial score (nSPS) is 19.0. The van der Waals surface area contributed by atoms with E-state index in [-0.39, 0.29) is 12.0 Å². The van der Waals surface area contributed by atoms with Crippen LogP contribution in [0.3, 0.4) is 0 Å². The molecule has 1 unspecified atom stereocenters. The smallest absolute Gasteiger partial charge is 0.327 e. The maximum Gasteiger partial charge on any atom is 0.327 e. The Morgan fingerprint density at radius 1 is 1.56 bits per heavy atom. The van der Waals surface area contributed by atoms with Crippen LogP contribution in [0.4, 0.5) is 0 Å². The zero-order chi connectivity index (χ0) is 11.5. The van der Waals surface area contributed by atoms with Gasteiger partial charge in [-0.15, -0.1) is 0 Å². The van der Waals surface area contributed by atoms with E-state index in [0.717, 1.165) is 18.5 Å². The summed E-state index contributed by atoms with van der Waals surface area (Å²) >= 11 is 0. The van der Waals surface area contributed by atoms with Gasteiger partial charge in [0.05, 0.1) is 6.61 Å². The quantitative estimate of drug-likeness (QED) is 0.770. The maximum atomic E-state index is 11.8. The fraction of sp³-hybridized carbons (Fsp3) is 0.462. The lowest BCUT2D eigenvalue weighted by atomic mass is 9.93. The molecule has 3 nitrogen and oxygen atoms in total. The van der Waals surface area contributed by atoms with Gasteiger partial charge in [0.1, 0.15) is 6.04 Å². The predicted octanol–water partition coefficient (Wildman–Crippen LogP) is 1.74. The minimum absolute atomic E-state index is 0.174. The number of ether oxygens (including phenoxy) is 1. The van der Waals surface area contributed by atoms with Crippen LogP contribution >= 0.6 is 0 Å². The van der Waals surface area contributed by atoms with E-state index >= 15 is 0 Å². The number of aryl methyl sites for hydroxylation is 1. The number of nitrogens with one attached hydrogen (secondary N) is 1. The van der Waals surface area contributed by atoms with Crippen molar-refractivity contribution in [1.29, 1.82) is 0 Å². The Morgan fingerprint density at radius 3 is 3.12 bits per heavy atom. The third kappa shape index (κ3) is 2.09. The number of carbonyl (C=O) groups excluding carboxylic acids is 1. The second kappa shape index (κ2) is 4.66. The second-order valence-corrected chi connectivity index (χ2v) is 4.09. The largest absolute Gasteiger partial charge is 0.465 e. The van der Waals surface area contributed by atoms with Crippen LogP contribution in [0.5, 0.6) is 0 Å². The SMILES string of the molecule is CCOC(=O)C1NCCc2cc(C)ccc21. The molecule has 1 aromatic rings. The lowest BCUT2D eigenvalue weighted by Crippen LogP contribution is -2.36. The maximum absolute atomic E-state index is 11.8. The predicted molar refractivity (Wildman–Crippen MR) is 62.3 cm³/mol. The van der Waals surface area contributed by atoms with Crippen molar-refractivity contribution in [2.24, 2.45) is 0 Å². The van der Waals surface area contributed by atoms with Gasteiger partial charge in [0.15, 0.2) is 0 Å². The Hall–Kier alpha value is -1.35. The van der Waals surface area contributed by atoms with E-state index in [1.165, 1.54) is 11.1 Å². The fourth-order valence-corrected chi connectivity index (χ4v) is 2.13. The minimum Gasteiger partial charge on any atom is -0.465 e. The summed E-state index contributed by atoms with van der Waals surface area (Å²) in [6, 6.07) is 5.93. The summed E-state index contributed by atoms with van der Waals surface area (Å²) in [4.78, 5) is 11.8. The van der Waals surface area contributed by atoms with Crippen LogP contribution in [0.25, 0.3) is 0 Å². The number of benzene rings is 1. The van der Waals surface area contributed by atoms with E-state index in [1.807, 2.05) is 19.1 Å². The van der Waals surface area contributed by atoms with Crippen LogP contribution in [-0.4, -0.2) is 19.1 Å². The molecule has 0 saturated carbocycles. The molecule has 3 heteroatoms. The molecule has 1 aliphatic rings. The molecule has 1 aromatic carbocycles. The molecule has 2 rings (SSSR count). The van der Waals surface area contributed by atoms with Crippen molar-refractivity contribution in [2.45, 2.75) is 26.3 Å². The summed E-state index contributed by atoms with van der Waals surface area (Å²) in [5.74, 6) is -0.174. The van der Waals surface area contributed by atoms with Gasteiger partial charge in [-0.25, -0.2) is 4.79 Å². The molecule has 0 amide bonds. The van der Waals surface area contributed by atoms with Crippen LogP contribution in [0.2, 0.25) is 0 Å². The molecule has 0 aliphatic carbocycles. The fourth-order valence-electron chi connectivity index (χ4n) is 2.13. The van der Waals surface area contributed by atoms with Crippen LogP contribution < -0.4 is 5.32 Å². The molecule has 1 heterocycles. The molecule has 16 heavy (non-hydrogen) atoms. The van der Waals surface area contributed by atoms with E-state index in [1.54, 1.807) is 0 Å². The number of carbonyl (C=O) groups is 1. The van der Waals surface area contributed by atoms with E-state index in [9.17, 15) is 4.79 Å². The van der Waals surface area contributed by atoms with Gasteiger partial charge in [0.25, 0.3) is 0 Å². The average molecular weight is 219 g/mol. The highest BCUT2D eigenvalue weighted by atomic mass is 16.5. The van der Waals surface area contributed by atoms with E-state index in [4.69, 9.17) is 4.74 Å². The molecule has 0 aromatic heterocycles. The van der Waals surface area contributed by atoms with Crippen LogP contribution in [0.15, 0.2) is 18.2 Å². The third-order valence-corrected chi connectivity index (χ3v) is 2.87. The Labute approximate surface area is 95.8 Å². The Morgan fingerprint density at radius 2 is 2.38 bits per heavy atom. The standard InChI is InChI=1S/C13H17NO2/c1-3-16-13(15)12-11-5-4-9(2)8-10(11)6-7-14-12/h4-5,8,12,14H,3,6-7H2,1-2H3. The molecule has 0 bridgehead atoms. The lowest BCUT2D eigenvalue weighted by molar-refractivity contribution is -0.146. The molecule has 0 radical (unpaired) electrons. The van der Waals surface area contributed by atoms with Gasteiger partial charge in [-0.2, -0.15) is 0 Å². The third-order valence-electron chi connectivity index (χ3n) is 2.87. The van der Waals surface area contributed by atoms with Crippen molar-refractivity contribution in [2.75, 3.05) is 13.2 Å². The van der Waals surface area contributed by atoms with Gasteiger partial charge in [0.2, 0.25) is 0 Å². The van der Waals surface area contributed by atoms with Crippen LogP contribution in [0.1, 0.15) is 29.7 Å². The summed E-state index contributed by atoms with van der Waals surface area (Å²) < 4.78 is 5.07. The number of rotatable bonds is 2. The summed E-state index contributed by atoms with van der Waals surface area (Å²) in [7, 11) is 0. The summed E-state index contributed by atoms with van der Waals surface area (Å²) in [6.07, 6.45) is 0.979. The van der Waals surface area contributed by atoms with Crippen molar-refractivity contribution >= 4 is 5.97 Å². The van der Waals surface area contributed by atoms with Crippen LogP contribution in [0, 0.1) is 6.92 Å². The zero-order valence-electron chi connectivity index (χ0n) is 9.75. The molecule has 0 spiro atoms. The average Bonchev–Trinajstić information content (AvgIpc) is 2.28. The number of fused-ring (bicyclic) bond motifs is 1. The van der Waals surface area contributed by atoms with E-state index in [0.29, 0.717) is 6.61 Å². The zero-order valence-corrected chi connectivity index (χ0v) is 9.75. The molecule has 86 valence electrons. The summed E-state index contributed by atoms with van der Waals surface area (Å²) in [5.41, 5.74) is 3.57. The molecule has 0 saturated heterocycles. The number of hydrogen-bond acceptors (Lipinski definition) is 3. The highest BCUT2D eigenvalue weighted by Gasteiger charge is 2.26. The summed E-state index contributed by atoms with van der Waals surface area (Å²) in [5, 5.41) is 3.20. The number of hydrogen-bond donors (Lipinski definition) is 1. The second-order valence-electron chi connectivity index (χ2n) is 4.09. The molecule has 1 N–H and O–H groups in total. The Kier molecular flexibility index (Phi) is 3.25. The highest BCUT2D eigenvalue weighted by molar-refractivity contribution is 5.78. The molecule has 1 aliphatic heterocycles. The number of esters is 1. The summed E-state index contributed by atoms with van der Waals surface area (Å²) in [6.45, 7) is 5.16. The monoisotopic (exact) mass is 219 g/mol. The highest BCUT2D eigenvalue weighted by Crippen LogP contribution is 2.24. The van der Waals surface area contributed by atoms with Gasteiger partial charge < -0.3 is 10.1 Å². The lowest BCUT2D eigenvalue weighted by Gasteiger charge is -2.25. The van der Waals surface area contributed by atoms with Gasteiger partial charge in [0, 0.05) is 6.54 Å². The van der Waals surface area contributed by atoms with E-state index < -0.39 is 0 Å². The molecule has 0 fully saturated rings.